The standard InChI is InChI=1S/C16H33N3O/c1-6-10-17-12-14-9-7-8-11-19(14)13(2)15(20)18-16(3,4)5/h13-14,17H,6-12H2,1-5H3,(H,18,20). The fraction of sp³-hybridized carbons (Fsp3) is 0.938. The molecule has 0 radical (unpaired) electrons. The molecular formula is C16H33N3O. The topological polar surface area (TPSA) is 44.4 Å². The Bertz CT molecular complexity index is 299. The van der Waals surface area contributed by atoms with Crippen molar-refractivity contribution in [1.82, 2.24) is 15.5 Å². The number of carbonyl (C=O) groups excluding carboxylic acids is 1. The first-order valence-electron chi connectivity index (χ1n) is 8.13. The van der Waals surface area contributed by atoms with Crippen molar-refractivity contribution in [3.63, 3.8) is 0 Å². The summed E-state index contributed by atoms with van der Waals surface area (Å²) in [5, 5.41) is 6.61. The molecule has 1 saturated heterocycles. The van der Waals surface area contributed by atoms with Gasteiger partial charge in [-0.2, -0.15) is 0 Å². The quantitative estimate of drug-likeness (QED) is 0.734. The van der Waals surface area contributed by atoms with Gasteiger partial charge in [-0.15, -0.1) is 0 Å². The number of rotatable bonds is 6. The zero-order valence-electron chi connectivity index (χ0n) is 14.0. The lowest BCUT2D eigenvalue weighted by atomic mass is 9.99. The van der Waals surface area contributed by atoms with Gasteiger partial charge in [0.1, 0.15) is 0 Å². The van der Waals surface area contributed by atoms with Gasteiger partial charge in [0.15, 0.2) is 0 Å². The molecule has 1 fully saturated rings. The fourth-order valence-electron chi connectivity index (χ4n) is 2.82. The lowest BCUT2D eigenvalue weighted by molar-refractivity contribution is -0.128. The Kier molecular flexibility index (Phi) is 6.96. The average Bonchev–Trinajstić information content (AvgIpc) is 2.37. The van der Waals surface area contributed by atoms with Gasteiger partial charge < -0.3 is 10.6 Å². The van der Waals surface area contributed by atoms with E-state index in [-0.39, 0.29) is 17.5 Å². The molecule has 4 nitrogen and oxygen atoms in total. The minimum atomic E-state index is -0.156. The normalized spacial score (nSPS) is 22.6. The number of hydrogen-bond donors (Lipinski definition) is 2. The van der Waals surface area contributed by atoms with E-state index >= 15 is 0 Å². The van der Waals surface area contributed by atoms with Gasteiger partial charge in [-0.05, 0) is 60.0 Å². The third-order valence-electron chi connectivity index (χ3n) is 3.85. The summed E-state index contributed by atoms with van der Waals surface area (Å²) in [5.74, 6) is 0.153. The van der Waals surface area contributed by atoms with E-state index in [1.165, 1.54) is 19.3 Å². The summed E-state index contributed by atoms with van der Waals surface area (Å²) in [4.78, 5) is 14.7. The van der Waals surface area contributed by atoms with Crippen LogP contribution in [-0.4, -0.2) is 48.1 Å². The minimum absolute atomic E-state index is 0.0389. The molecule has 1 heterocycles. The maximum Gasteiger partial charge on any atom is 0.237 e. The van der Waals surface area contributed by atoms with Crippen molar-refractivity contribution in [2.24, 2.45) is 0 Å². The molecule has 20 heavy (non-hydrogen) atoms. The Morgan fingerprint density at radius 3 is 2.65 bits per heavy atom. The molecule has 118 valence electrons. The maximum atomic E-state index is 12.4. The van der Waals surface area contributed by atoms with Crippen LogP contribution in [0.4, 0.5) is 0 Å². The van der Waals surface area contributed by atoms with Crippen LogP contribution < -0.4 is 10.6 Å². The second-order valence-electron chi connectivity index (χ2n) is 7.01. The molecular weight excluding hydrogens is 250 g/mol. The smallest absolute Gasteiger partial charge is 0.237 e. The lowest BCUT2D eigenvalue weighted by Crippen LogP contribution is -2.56. The predicted octanol–water partition coefficient (Wildman–Crippen LogP) is 2.14. The Morgan fingerprint density at radius 1 is 1.35 bits per heavy atom. The first kappa shape index (κ1) is 17.4. The monoisotopic (exact) mass is 283 g/mol. The van der Waals surface area contributed by atoms with Gasteiger partial charge in [0.25, 0.3) is 0 Å². The zero-order chi connectivity index (χ0) is 15.2. The number of likely N-dealkylation sites (tertiary alicyclic amines) is 1. The van der Waals surface area contributed by atoms with Crippen molar-refractivity contribution >= 4 is 5.91 Å². The molecule has 0 saturated carbocycles. The second kappa shape index (κ2) is 7.99. The summed E-state index contributed by atoms with van der Waals surface area (Å²) in [5.41, 5.74) is -0.156. The molecule has 0 aromatic carbocycles. The van der Waals surface area contributed by atoms with Crippen LogP contribution in [-0.2, 0) is 4.79 Å². The van der Waals surface area contributed by atoms with Crippen LogP contribution in [0, 0.1) is 0 Å². The van der Waals surface area contributed by atoms with Gasteiger partial charge in [0.05, 0.1) is 6.04 Å². The van der Waals surface area contributed by atoms with E-state index < -0.39 is 0 Å². The number of piperidine rings is 1. The Hall–Kier alpha value is -0.610. The summed E-state index contributed by atoms with van der Waals surface area (Å²) in [6.07, 6.45) is 4.84. The van der Waals surface area contributed by atoms with Crippen LogP contribution in [0.2, 0.25) is 0 Å². The third-order valence-corrected chi connectivity index (χ3v) is 3.85. The van der Waals surface area contributed by atoms with Crippen molar-refractivity contribution in [3.8, 4) is 0 Å². The van der Waals surface area contributed by atoms with Crippen LogP contribution in [0.5, 0.6) is 0 Å². The summed E-state index contributed by atoms with van der Waals surface area (Å²) >= 11 is 0. The highest BCUT2D eigenvalue weighted by molar-refractivity contribution is 5.82. The van der Waals surface area contributed by atoms with Gasteiger partial charge in [-0.25, -0.2) is 0 Å². The number of nitrogens with one attached hydrogen (secondary N) is 2. The lowest BCUT2D eigenvalue weighted by Gasteiger charge is -2.40. The highest BCUT2D eigenvalue weighted by atomic mass is 16.2. The average molecular weight is 283 g/mol. The number of hydrogen-bond acceptors (Lipinski definition) is 3. The third kappa shape index (κ3) is 5.80. The van der Waals surface area contributed by atoms with Crippen LogP contribution in [0.1, 0.15) is 60.3 Å². The summed E-state index contributed by atoms with van der Waals surface area (Å²) < 4.78 is 0. The zero-order valence-corrected chi connectivity index (χ0v) is 14.0. The van der Waals surface area contributed by atoms with Crippen molar-refractivity contribution in [2.45, 2.75) is 77.9 Å². The predicted molar refractivity (Wildman–Crippen MR) is 84.9 cm³/mol. The van der Waals surface area contributed by atoms with E-state index in [2.05, 4.69) is 22.5 Å². The van der Waals surface area contributed by atoms with Gasteiger partial charge in [-0.3, -0.25) is 9.69 Å². The van der Waals surface area contributed by atoms with Crippen molar-refractivity contribution in [3.05, 3.63) is 0 Å². The van der Waals surface area contributed by atoms with E-state index in [4.69, 9.17) is 0 Å². The maximum absolute atomic E-state index is 12.4. The van der Waals surface area contributed by atoms with Crippen molar-refractivity contribution in [2.75, 3.05) is 19.6 Å². The molecule has 0 aromatic heterocycles. The molecule has 1 aliphatic rings. The number of amides is 1. The second-order valence-corrected chi connectivity index (χ2v) is 7.01. The van der Waals surface area contributed by atoms with E-state index in [0.29, 0.717) is 6.04 Å². The van der Waals surface area contributed by atoms with E-state index in [0.717, 1.165) is 26.1 Å². The minimum Gasteiger partial charge on any atom is -0.350 e. The highest BCUT2D eigenvalue weighted by Crippen LogP contribution is 2.19. The largest absolute Gasteiger partial charge is 0.350 e. The van der Waals surface area contributed by atoms with Crippen LogP contribution in [0.3, 0.4) is 0 Å². The van der Waals surface area contributed by atoms with E-state index in [1.807, 2.05) is 27.7 Å². The molecule has 2 unspecified atom stereocenters. The molecule has 2 atom stereocenters. The highest BCUT2D eigenvalue weighted by Gasteiger charge is 2.31. The molecule has 2 N–H and O–H groups in total. The van der Waals surface area contributed by atoms with E-state index in [9.17, 15) is 4.79 Å². The number of nitrogens with zero attached hydrogens (tertiary/aromatic N) is 1. The molecule has 1 amide bonds. The van der Waals surface area contributed by atoms with Crippen molar-refractivity contribution in [1.29, 1.82) is 0 Å². The molecule has 0 bridgehead atoms. The SMILES string of the molecule is CCCNCC1CCCCN1C(C)C(=O)NC(C)(C)C. The van der Waals surface area contributed by atoms with Gasteiger partial charge >= 0.3 is 0 Å². The van der Waals surface area contributed by atoms with Crippen LogP contribution in [0.25, 0.3) is 0 Å². The Balaban J connectivity index is 2.57. The van der Waals surface area contributed by atoms with Gasteiger partial charge in [-0.1, -0.05) is 13.3 Å². The molecule has 1 rings (SSSR count). The molecule has 0 spiro atoms. The van der Waals surface area contributed by atoms with Crippen LogP contribution >= 0.6 is 0 Å². The molecule has 0 aromatic rings. The van der Waals surface area contributed by atoms with Crippen molar-refractivity contribution < 1.29 is 4.79 Å². The Morgan fingerprint density at radius 2 is 2.05 bits per heavy atom. The first-order valence-corrected chi connectivity index (χ1v) is 8.13. The molecule has 0 aliphatic carbocycles. The van der Waals surface area contributed by atoms with Gasteiger partial charge in [0.2, 0.25) is 5.91 Å². The summed E-state index contributed by atoms with van der Waals surface area (Å²) in [6, 6.07) is 0.457. The first-order chi connectivity index (χ1) is 9.35. The van der Waals surface area contributed by atoms with Gasteiger partial charge in [0, 0.05) is 18.1 Å². The fourth-order valence-corrected chi connectivity index (χ4v) is 2.82. The van der Waals surface area contributed by atoms with Crippen LogP contribution in [0.15, 0.2) is 0 Å². The Labute approximate surface area is 124 Å². The molecule has 4 heteroatoms. The number of carbonyl (C=O) groups is 1. The molecule has 1 aliphatic heterocycles. The summed E-state index contributed by atoms with van der Waals surface area (Å²) in [6.45, 7) is 13.4. The summed E-state index contributed by atoms with van der Waals surface area (Å²) in [7, 11) is 0. The van der Waals surface area contributed by atoms with E-state index in [1.54, 1.807) is 0 Å².